The molecule has 0 aromatic carbocycles. The average Bonchev–Trinajstić information content (AvgIpc) is 2.12. The van der Waals surface area contributed by atoms with Crippen molar-refractivity contribution in [1.82, 2.24) is 15.3 Å². The second-order valence-electron chi connectivity index (χ2n) is 1.96. The molecular formula is C5H11N3. The van der Waals surface area contributed by atoms with E-state index < -0.39 is 0 Å². The van der Waals surface area contributed by atoms with Gasteiger partial charge in [-0.1, -0.05) is 0 Å². The van der Waals surface area contributed by atoms with Crippen molar-refractivity contribution < 1.29 is 0 Å². The van der Waals surface area contributed by atoms with Crippen LogP contribution in [0.4, 0.5) is 0 Å². The Bertz CT molecular complexity index is 97.8. The van der Waals surface area contributed by atoms with Crippen molar-refractivity contribution in [3.8, 4) is 0 Å². The van der Waals surface area contributed by atoms with Crippen LogP contribution in [0.2, 0.25) is 0 Å². The van der Waals surface area contributed by atoms with Gasteiger partial charge in [-0.3, -0.25) is 5.01 Å². The molecule has 1 N–H and O–H groups in total. The van der Waals surface area contributed by atoms with Gasteiger partial charge >= 0.3 is 0 Å². The molecule has 3 heteroatoms. The van der Waals surface area contributed by atoms with Crippen LogP contribution in [0.3, 0.4) is 0 Å². The summed E-state index contributed by atoms with van der Waals surface area (Å²) in [6, 6.07) is 0. The van der Waals surface area contributed by atoms with Gasteiger partial charge in [0.05, 0.1) is 0 Å². The summed E-state index contributed by atoms with van der Waals surface area (Å²) >= 11 is 0. The summed E-state index contributed by atoms with van der Waals surface area (Å²) in [6.07, 6.45) is 3.93. The first-order valence-corrected chi connectivity index (χ1v) is 2.64. The van der Waals surface area contributed by atoms with Crippen molar-refractivity contribution in [1.29, 1.82) is 0 Å². The lowest BCUT2D eigenvalue weighted by Gasteiger charge is -2.22. The third-order valence-electron chi connectivity index (χ3n) is 1.13. The molecule has 3 nitrogen and oxygen atoms in total. The minimum Gasteiger partial charge on any atom is -0.371 e. The van der Waals surface area contributed by atoms with Gasteiger partial charge in [0.15, 0.2) is 0 Å². The Morgan fingerprint density at radius 1 is 1.62 bits per heavy atom. The molecule has 0 saturated carbocycles. The maximum atomic E-state index is 3.06. The number of rotatable bonds is 1. The van der Waals surface area contributed by atoms with Crippen molar-refractivity contribution >= 4 is 0 Å². The number of nitrogens with zero attached hydrogens (tertiary/aromatic N) is 2. The highest BCUT2D eigenvalue weighted by Crippen LogP contribution is 1.94. The van der Waals surface area contributed by atoms with Gasteiger partial charge in [0.25, 0.3) is 0 Å². The van der Waals surface area contributed by atoms with E-state index in [1.807, 2.05) is 31.5 Å². The molecule has 0 saturated heterocycles. The molecule has 1 heterocycles. The van der Waals surface area contributed by atoms with Gasteiger partial charge in [0.1, 0.15) is 6.67 Å². The van der Waals surface area contributed by atoms with Crippen molar-refractivity contribution in [2.24, 2.45) is 0 Å². The first kappa shape index (κ1) is 5.44. The maximum Gasteiger partial charge on any atom is 0.102 e. The van der Waals surface area contributed by atoms with Crippen LogP contribution in [0.25, 0.3) is 0 Å². The van der Waals surface area contributed by atoms with Crippen LogP contribution >= 0.6 is 0 Å². The highest BCUT2D eigenvalue weighted by molar-refractivity contribution is 4.84. The van der Waals surface area contributed by atoms with E-state index in [0.717, 1.165) is 6.67 Å². The molecule has 0 amide bonds. The van der Waals surface area contributed by atoms with E-state index >= 15 is 0 Å². The summed E-state index contributed by atoms with van der Waals surface area (Å²) in [5.41, 5.74) is 0. The van der Waals surface area contributed by atoms with E-state index in [0.29, 0.717) is 0 Å². The summed E-state index contributed by atoms with van der Waals surface area (Å²) < 4.78 is 0. The molecule has 0 aliphatic carbocycles. The molecule has 0 aromatic heterocycles. The number of nitrogens with one attached hydrogen (secondary N) is 1. The zero-order valence-corrected chi connectivity index (χ0v) is 5.26. The fraction of sp³-hybridized carbons (Fsp3) is 0.600. The highest BCUT2D eigenvalue weighted by Gasteiger charge is 2.02. The molecule has 1 rings (SSSR count). The first-order chi connectivity index (χ1) is 3.80. The van der Waals surface area contributed by atoms with E-state index in [4.69, 9.17) is 0 Å². The topological polar surface area (TPSA) is 18.5 Å². The van der Waals surface area contributed by atoms with E-state index in [2.05, 4.69) is 10.3 Å². The van der Waals surface area contributed by atoms with Crippen molar-refractivity contribution in [2.45, 2.75) is 0 Å². The summed E-state index contributed by atoms with van der Waals surface area (Å²) in [5, 5.41) is 7.15. The Balaban J connectivity index is 2.36. The zero-order valence-electron chi connectivity index (χ0n) is 5.26. The molecule has 0 unspecified atom stereocenters. The molecule has 1 aliphatic rings. The third kappa shape index (κ3) is 0.924. The van der Waals surface area contributed by atoms with Crippen LogP contribution in [0.1, 0.15) is 0 Å². The van der Waals surface area contributed by atoms with Crippen LogP contribution in [-0.4, -0.2) is 30.8 Å². The monoisotopic (exact) mass is 113 g/mol. The maximum absolute atomic E-state index is 3.06. The Morgan fingerprint density at radius 2 is 2.38 bits per heavy atom. The second kappa shape index (κ2) is 2.05. The van der Waals surface area contributed by atoms with Crippen LogP contribution < -0.4 is 5.32 Å². The standard InChI is InChI=1S/C5H11N3/c1-7(2)8-4-3-6-5-8/h3-4,6H,5H2,1-2H3. The quantitative estimate of drug-likeness (QED) is 0.508. The fourth-order valence-corrected chi connectivity index (χ4v) is 0.612. The van der Waals surface area contributed by atoms with Crippen molar-refractivity contribution in [2.75, 3.05) is 20.8 Å². The van der Waals surface area contributed by atoms with Crippen molar-refractivity contribution in [3.05, 3.63) is 12.4 Å². The second-order valence-corrected chi connectivity index (χ2v) is 1.96. The van der Waals surface area contributed by atoms with E-state index in [1.54, 1.807) is 0 Å². The van der Waals surface area contributed by atoms with Crippen LogP contribution in [0.15, 0.2) is 12.4 Å². The van der Waals surface area contributed by atoms with Gasteiger partial charge in [-0.05, 0) is 0 Å². The summed E-state index contributed by atoms with van der Waals surface area (Å²) in [6.45, 7) is 0.896. The molecule has 0 aromatic rings. The number of hydrogen-bond donors (Lipinski definition) is 1. The number of hydrazine groups is 1. The lowest BCUT2D eigenvalue weighted by Crippen LogP contribution is -2.33. The predicted molar refractivity (Wildman–Crippen MR) is 32.7 cm³/mol. The predicted octanol–water partition coefficient (Wildman–Crippen LogP) is -0.203. The molecular weight excluding hydrogens is 102 g/mol. The molecule has 0 radical (unpaired) electrons. The van der Waals surface area contributed by atoms with Gasteiger partial charge in [-0.15, -0.1) is 0 Å². The largest absolute Gasteiger partial charge is 0.371 e. The van der Waals surface area contributed by atoms with Crippen LogP contribution in [-0.2, 0) is 0 Å². The third-order valence-corrected chi connectivity index (χ3v) is 1.13. The molecule has 46 valence electrons. The Labute approximate surface area is 49.5 Å². The van der Waals surface area contributed by atoms with Crippen LogP contribution in [0, 0.1) is 0 Å². The first-order valence-electron chi connectivity index (χ1n) is 2.64. The van der Waals surface area contributed by atoms with E-state index in [9.17, 15) is 0 Å². The normalized spacial score (nSPS) is 17.6. The van der Waals surface area contributed by atoms with Gasteiger partial charge in [-0.2, -0.15) is 0 Å². The lowest BCUT2D eigenvalue weighted by molar-refractivity contribution is 0.0897. The van der Waals surface area contributed by atoms with Gasteiger partial charge in [0, 0.05) is 26.5 Å². The molecule has 0 bridgehead atoms. The minimum atomic E-state index is 0.896. The zero-order chi connectivity index (χ0) is 5.98. The molecule has 0 spiro atoms. The van der Waals surface area contributed by atoms with E-state index in [1.165, 1.54) is 0 Å². The fourth-order valence-electron chi connectivity index (χ4n) is 0.612. The Kier molecular flexibility index (Phi) is 1.39. The van der Waals surface area contributed by atoms with Gasteiger partial charge in [0.2, 0.25) is 0 Å². The number of hydrogen-bond acceptors (Lipinski definition) is 3. The molecule has 0 fully saturated rings. The van der Waals surface area contributed by atoms with E-state index in [-0.39, 0.29) is 0 Å². The van der Waals surface area contributed by atoms with Crippen LogP contribution in [0.5, 0.6) is 0 Å². The average molecular weight is 113 g/mol. The summed E-state index contributed by atoms with van der Waals surface area (Å²) in [7, 11) is 4.02. The highest BCUT2D eigenvalue weighted by atomic mass is 15.6. The van der Waals surface area contributed by atoms with Crippen molar-refractivity contribution in [3.63, 3.8) is 0 Å². The molecule has 0 atom stereocenters. The summed E-state index contributed by atoms with van der Waals surface area (Å²) in [5.74, 6) is 0. The molecule has 1 aliphatic heterocycles. The molecule has 8 heavy (non-hydrogen) atoms. The minimum absolute atomic E-state index is 0.896. The van der Waals surface area contributed by atoms with Gasteiger partial charge in [-0.25, -0.2) is 5.01 Å². The van der Waals surface area contributed by atoms with Gasteiger partial charge < -0.3 is 5.32 Å². The SMILES string of the molecule is CN(C)N1C=CNC1. The Morgan fingerprint density at radius 3 is 2.62 bits per heavy atom. The summed E-state index contributed by atoms with van der Waals surface area (Å²) in [4.78, 5) is 0. The smallest absolute Gasteiger partial charge is 0.102 e. The lowest BCUT2D eigenvalue weighted by atomic mass is 10.9. The Hall–Kier alpha value is -0.700.